The van der Waals surface area contributed by atoms with Gasteiger partial charge in [-0.25, -0.2) is 9.78 Å². The Balaban J connectivity index is 1.49. The number of fused-ring (bicyclic) bond motifs is 1. The van der Waals surface area contributed by atoms with Crippen LogP contribution in [0.2, 0.25) is 0 Å². The standard InChI is InChI=1S/C19H26N4O/c1-13(2)18-21-16-9-5-6-10-17(16)23(18)15-11-22(12-15)19(24)20-14-7-3-4-8-14/h5-6,9-10,13-15H,3-4,7-8,11-12H2,1-2H3,(H,20,24). The fraction of sp³-hybridized carbons (Fsp3) is 0.579. The number of nitrogens with one attached hydrogen (secondary N) is 1. The summed E-state index contributed by atoms with van der Waals surface area (Å²) in [6, 6.07) is 9.13. The van der Waals surface area contributed by atoms with Crippen molar-refractivity contribution in [3.8, 4) is 0 Å². The lowest BCUT2D eigenvalue weighted by atomic mass is 10.1. The Morgan fingerprint density at radius 2 is 1.92 bits per heavy atom. The van der Waals surface area contributed by atoms with Gasteiger partial charge in [-0.3, -0.25) is 0 Å². The van der Waals surface area contributed by atoms with Gasteiger partial charge in [-0.1, -0.05) is 38.8 Å². The van der Waals surface area contributed by atoms with Crippen LogP contribution in [-0.4, -0.2) is 39.6 Å². The number of carbonyl (C=O) groups is 1. The largest absolute Gasteiger partial charge is 0.335 e. The van der Waals surface area contributed by atoms with Crippen LogP contribution in [0.25, 0.3) is 11.0 Å². The third kappa shape index (κ3) is 2.66. The molecule has 2 aromatic rings. The number of imidazole rings is 1. The summed E-state index contributed by atoms with van der Waals surface area (Å²) in [6.45, 7) is 5.92. The van der Waals surface area contributed by atoms with Crippen LogP contribution in [0.3, 0.4) is 0 Å². The number of hydrogen-bond acceptors (Lipinski definition) is 2. The number of para-hydroxylation sites is 2. The lowest BCUT2D eigenvalue weighted by Crippen LogP contribution is -2.55. The second-order valence-corrected chi connectivity index (χ2v) is 7.47. The summed E-state index contributed by atoms with van der Waals surface area (Å²) in [5.41, 5.74) is 2.23. The summed E-state index contributed by atoms with van der Waals surface area (Å²) in [6.07, 6.45) is 4.75. The minimum absolute atomic E-state index is 0.105. The van der Waals surface area contributed by atoms with E-state index in [2.05, 4.69) is 41.9 Å². The van der Waals surface area contributed by atoms with Crippen molar-refractivity contribution < 1.29 is 4.79 Å². The van der Waals surface area contributed by atoms with E-state index in [4.69, 9.17) is 4.98 Å². The Morgan fingerprint density at radius 3 is 2.62 bits per heavy atom. The highest BCUT2D eigenvalue weighted by atomic mass is 16.2. The van der Waals surface area contributed by atoms with E-state index in [-0.39, 0.29) is 6.03 Å². The molecule has 4 rings (SSSR count). The number of carbonyl (C=O) groups excluding carboxylic acids is 1. The Bertz CT molecular complexity index is 739. The van der Waals surface area contributed by atoms with E-state index >= 15 is 0 Å². The molecule has 0 bridgehead atoms. The van der Waals surface area contributed by atoms with Gasteiger partial charge in [0.1, 0.15) is 5.82 Å². The molecule has 0 unspecified atom stereocenters. The van der Waals surface area contributed by atoms with Crippen LogP contribution < -0.4 is 5.32 Å². The van der Waals surface area contributed by atoms with Crippen molar-refractivity contribution in [2.24, 2.45) is 0 Å². The van der Waals surface area contributed by atoms with Crippen molar-refractivity contribution in [3.63, 3.8) is 0 Å². The molecule has 1 saturated carbocycles. The summed E-state index contributed by atoms with van der Waals surface area (Å²) in [5, 5.41) is 3.18. The molecule has 2 aliphatic rings. The van der Waals surface area contributed by atoms with Crippen LogP contribution >= 0.6 is 0 Å². The summed E-state index contributed by atoms with van der Waals surface area (Å²) in [5.74, 6) is 1.50. The van der Waals surface area contributed by atoms with Gasteiger partial charge in [-0.05, 0) is 25.0 Å². The average Bonchev–Trinajstić information content (AvgIpc) is 3.14. The van der Waals surface area contributed by atoms with Gasteiger partial charge >= 0.3 is 6.03 Å². The van der Waals surface area contributed by atoms with Crippen LogP contribution in [0.15, 0.2) is 24.3 Å². The molecule has 1 aliphatic carbocycles. The van der Waals surface area contributed by atoms with E-state index in [1.165, 1.54) is 18.4 Å². The van der Waals surface area contributed by atoms with Crippen LogP contribution in [-0.2, 0) is 0 Å². The second-order valence-electron chi connectivity index (χ2n) is 7.47. The SMILES string of the molecule is CC(C)c1nc2ccccc2n1C1CN(C(=O)NC2CCCC2)C1. The van der Waals surface area contributed by atoms with Crippen molar-refractivity contribution in [2.75, 3.05) is 13.1 Å². The van der Waals surface area contributed by atoms with Crippen LogP contribution in [0.1, 0.15) is 57.3 Å². The molecule has 1 N–H and O–H groups in total. The Labute approximate surface area is 143 Å². The van der Waals surface area contributed by atoms with Gasteiger partial charge < -0.3 is 14.8 Å². The molecule has 1 aromatic carbocycles. The first kappa shape index (κ1) is 15.5. The minimum atomic E-state index is 0.105. The minimum Gasteiger partial charge on any atom is -0.335 e. The average molecular weight is 326 g/mol. The number of rotatable bonds is 3. The van der Waals surface area contributed by atoms with Gasteiger partial charge in [-0.15, -0.1) is 0 Å². The predicted octanol–water partition coefficient (Wildman–Crippen LogP) is 3.67. The smallest absolute Gasteiger partial charge is 0.317 e. The number of aromatic nitrogens is 2. The van der Waals surface area contributed by atoms with Crippen molar-refractivity contribution >= 4 is 17.1 Å². The Morgan fingerprint density at radius 1 is 1.21 bits per heavy atom. The first-order valence-electron chi connectivity index (χ1n) is 9.16. The summed E-state index contributed by atoms with van der Waals surface area (Å²) in [4.78, 5) is 19.1. The number of urea groups is 1. The molecular weight excluding hydrogens is 300 g/mol. The van der Waals surface area contributed by atoms with E-state index in [1.807, 2.05) is 11.0 Å². The zero-order valence-corrected chi connectivity index (χ0v) is 14.5. The van der Waals surface area contributed by atoms with Gasteiger partial charge in [0.2, 0.25) is 0 Å². The molecule has 24 heavy (non-hydrogen) atoms. The van der Waals surface area contributed by atoms with Crippen molar-refractivity contribution in [1.82, 2.24) is 19.8 Å². The van der Waals surface area contributed by atoms with E-state index in [9.17, 15) is 4.79 Å². The van der Waals surface area contributed by atoms with E-state index < -0.39 is 0 Å². The third-order valence-electron chi connectivity index (χ3n) is 5.34. The summed E-state index contributed by atoms with van der Waals surface area (Å²) < 4.78 is 2.35. The molecule has 2 heterocycles. The van der Waals surface area contributed by atoms with Crippen LogP contribution in [0.5, 0.6) is 0 Å². The number of amides is 2. The first-order valence-corrected chi connectivity index (χ1v) is 9.16. The molecule has 0 radical (unpaired) electrons. The Kier molecular flexibility index (Phi) is 3.94. The lowest BCUT2D eigenvalue weighted by Gasteiger charge is -2.41. The molecule has 5 nitrogen and oxygen atoms in total. The van der Waals surface area contributed by atoms with E-state index in [0.717, 1.165) is 37.3 Å². The Hall–Kier alpha value is -2.04. The van der Waals surface area contributed by atoms with Crippen molar-refractivity contribution in [3.05, 3.63) is 30.1 Å². The van der Waals surface area contributed by atoms with Gasteiger partial charge in [0, 0.05) is 25.0 Å². The lowest BCUT2D eigenvalue weighted by molar-refractivity contribution is 0.122. The maximum absolute atomic E-state index is 12.4. The monoisotopic (exact) mass is 326 g/mol. The summed E-state index contributed by atoms with van der Waals surface area (Å²) in [7, 11) is 0. The molecule has 0 spiro atoms. The molecule has 128 valence electrons. The highest BCUT2D eigenvalue weighted by Crippen LogP contribution is 2.31. The highest BCUT2D eigenvalue weighted by Gasteiger charge is 2.35. The van der Waals surface area contributed by atoms with Crippen molar-refractivity contribution in [2.45, 2.75) is 57.5 Å². The number of benzene rings is 1. The molecule has 1 saturated heterocycles. The molecule has 2 amide bonds. The first-order chi connectivity index (χ1) is 11.6. The fourth-order valence-corrected chi connectivity index (χ4v) is 3.97. The second kappa shape index (κ2) is 6.11. The predicted molar refractivity (Wildman–Crippen MR) is 95.2 cm³/mol. The van der Waals surface area contributed by atoms with E-state index in [1.54, 1.807) is 0 Å². The molecule has 0 atom stereocenters. The zero-order valence-electron chi connectivity index (χ0n) is 14.5. The third-order valence-corrected chi connectivity index (χ3v) is 5.34. The molecule has 5 heteroatoms. The van der Waals surface area contributed by atoms with Crippen LogP contribution in [0, 0.1) is 0 Å². The normalized spacial score (nSPS) is 19.2. The van der Waals surface area contributed by atoms with Gasteiger partial charge in [0.05, 0.1) is 17.1 Å². The fourth-order valence-electron chi connectivity index (χ4n) is 3.97. The van der Waals surface area contributed by atoms with Gasteiger partial charge in [0.25, 0.3) is 0 Å². The topological polar surface area (TPSA) is 50.2 Å². The number of likely N-dealkylation sites (tertiary alicyclic amines) is 1. The molecule has 1 aromatic heterocycles. The maximum Gasteiger partial charge on any atom is 0.317 e. The van der Waals surface area contributed by atoms with E-state index in [0.29, 0.717) is 18.0 Å². The number of hydrogen-bond donors (Lipinski definition) is 1. The highest BCUT2D eigenvalue weighted by molar-refractivity contribution is 5.78. The quantitative estimate of drug-likeness (QED) is 0.935. The van der Waals surface area contributed by atoms with Crippen LogP contribution in [0.4, 0.5) is 4.79 Å². The summed E-state index contributed by atoms with van der Waals surface area (Å²) >= 11 is 0. The molecule has 2 fully saturated rings. The molecular formula is C19H26N4O. The van der Waals surface area contributed by atoms with Gasteiger partial charge in [-0.2, -0.15) is 0 Å². The maximum atomic E-state index is 12.4. The number of nitrogens with zero attached hydrogens (tertiary/aromatic N) is 3. The van der Waals surface area contributed by atoms with Gasteiger partial charge in [0.15, 0.2) is 0 Å². The molecule has 1 aliphatic heterocycles. The van der Waals surface area contributed by atoms with Crippen molar-refractivity contribution in [1.29, 1.82) is 0 Å². The zero-order chi connectivity index (χ0) is 16.7.